The molecule has 0 saturated carbocycles. The number of H-pyrrole nitrogens is 1. The smallest absolute Gasteiger partial charge is 0.475 e. The molecule has 0 fully saturated rings. The maximum atomic E-state index is 11.6. The fraction of sp³-hybridized carbons (Fsp3) is 0.308. The van der Waals surface area contributed by atoms with Gasteiger partial charge < -0.3 is 15.0 Å². The lowest BCUT2D eigenvalue weighted by molar-refractivity contribution is -0.192. The van der Waals surface area contributed by atoms with E-state index in [2.05, 4.69) is 4.98 Å². The van der Waals surface area contributed by atoms with Crippen molar-refractivity contribution in [2.75, 3.05) is 13.6 Å². The van der Waals surface area contributed by atoms with E-state index in [9.17, 15) is 22.8 Å². The Morgan fingerprint density at radius 1 is 1.36 bits per heavy atom. The number of nitrogens with one attached hydrogen (secondary N) is 1. The van der Waals surface area contributed by atoms with Crippen molar-refractivity contribution in [2.24, 2.45) is 0 Å². The molecule has 3 rings (SSSR count). The largest absolute Gasteiger partial charge is 0.490 e. The van der Waals surface area contributed by atoms with Crippen LogP contribution in [0.2, 0.25) is 0 Å². The Morgan fingerprint density at radius 2 is 1.95 bits per heavy atom. The number of alkyl halides is 3. The number of hydrogen-bond acceptors (Lipinski definition) is 4. The van der Waals surface area contributed by atoms with E-state index in [-0.39, 0.29) is 0 Å². The fourth-order valence-corrected chi connectivity index (χ4v) is 2.23. The van der Waals surface area contributed by atoms with Crippen molar-refractivity contribution in [3.8, 4) is 0 Å². The summed E-state index contributed by atoms with van der Waals surface area (Å²) in [6.07, 6.45) is -0.885. The summed E-state index contributed by atoms with van der Waals surface area (Å²) in [7, 11) is 1.94. The van der Waals surface area contributed by atoms with Crippen LogP contribution in [-0.4, -0.2) is 52.3 Å². The van der Waals surface area contributed by atoms with Crippen molar-refractivity contribution in [1.82, 2.24) is 9.88 Å². The first kappa shape index (κ1) is 15.8. The molecule has 0 bridgehead atoms. The Kier molecular flexibility index (Phi) is 3.82. The molecular formula is C13H11F3N2O4. The first-order valence-electron chi connectivity index (χ1n) is 6.15. The molecule has 9 heteroatoms. The lowest BCUT2D eigenvalue weighted by Gasteiger charge is -2.29. The normalized spacial score (nSPS) is 16.5. The average molecular weight is 316 g/mol. The van der Waals surface area contributed by atoms with Crippen LogP contribution >= 0.6 is 0 Å². The third-order valence-electron chi connectivity index (χ3n) is 3.31. The van der Waals surface area contributed by atoms with Gasteiger partial charge in [0.25, 0.3) is 0 Å². The van der Waals surface area contributed by atoms with Gasteiger partial charge in [0.1, 0.15) is 5.69 Å². The number of carboxylic acids is 1. The van der Waals surface area contributed by atoms with Gasteiger partial charge in [-0.15, -0.1) is 0 Å². The van der Waals surface area contributed by atoms with Crippen molar-refractivity contribution in [1.29, 1.82) is 0 Å². The van der Waals surface area contributed by atoms with Gasteiger partial charge in [-0.1, -0.05) is 0 Å². The highest BCUT2D eigenvalue weighted by Crippen LogP contribution is 2.33. The molecule has 1 aromatic rings. The van der Waals surface area contributed by atoms with Gasteiger partial charge in [-0.05, 0) is 12.0 Å². The van der Waals surface area contributed by atoms with Crippen LogP contribution in [0.15, 0.2) is 12.3 Å². The van der Waals surface area contributed by atoms with E-state index in [1.807, 2.05) is 18.1 Å². The van der Waals surface area contributed by atoms with Crippen molar-refractivity contribution >= 4 is 23.2 Å². The van der Waals surface area contributed by atoms with Crippen LogP contribution in [0.1, 0.15) is 21.6 Å². The molecule has 1 aliphatic carbocycles. The minimum Gasteiger partial charge on any atom is -0.475 e. The van der Waals surface area contributed by atoms with Gasteiger partial charge in [-0.2, -0.15) is 13.2 Å². The number of likely N-dealkylation sites (N-methyl/N-ethyl adjacent to an activating group) is 1. The number of ketones is 2. The van der Waals surface area contributed by atoms with Crippen LogP contribution in [0.4, 0.5) is 13.2 Å². The first-order chi connectivity index (χ1) is 10.1. The zero-order chi connectivity index (χ0) is 16.7. The molecule has 1 aliphatic heterocycles. The molecule has 118 valence electrons. The van der Waals surface area contributed by atoms with Crippen LogP contribution in [0.5, 0.6) is 0 Å². The first-order valence-corrected chi connectivity index (χ1v) is 6.15. The quantitative estimate of drug-likeness (QED) is 0.703. The second-order valence-corrected chi connectivity index (χ2v) is 4.76. The molecule has 2 aliphatic rings. The maximum Gasteiger partial charge on any atom is 0.490 e. The summed E-state index contributed by atoms with van der Waals surface area (Å²) in [5, 5.41) is 7.12. The third kappa shape index (κ3) is 2.74. The Hall–Kier alpha value is -2.58. The molecule has 0 radical (unpaired) electrons. The summed E-state index contributed by atoms with van der Waals surface area (Å²) in [6, 6.07) is 0. The highest BCUT2D eigenvalue weighted by Gasteiger charge is 2.38. The Bertz CT molecular complexity index is 688. The van der Waals surface area contributed by atoms with E-state index >= 15 is 0 Å². The van der Waals surface area contributed by atoms with Crippen molar-refractivity contribution < 1.29 is 32.7 Å². The van der Waals surface area contributed by atoms with Gasteiger partial charge in [-0.3, -0.25) is 9.59 Å². The van der Waals surface area contributed by atoms with Crippen molar-refractivity contribution in [3.63, 3.8) is 0 Å². The van der Waals surface area contributed by atoms with Crippen molar-refractivity contribution in [3.05, 3.63) is 29.1 Å². The predicted molar refractivity (Wildman–Crippen MR) is 68.1 cm³/mol. The monoisotopic (exact) mass is 316 g/mol. The Balaban J connectivity index is 0.000000217. The molecule has 0 amide bonds. The summed E-state index contributed by atoms with van der Waals surface area (Å²) < 4.78 is 31.7. The van der Waals surface area contributed by atoms with Crippen LogP contribution in [0.3, 0.4) is 0 Å². The van der Waals surface area contributed by atoms with Crippen LogP contribution in [0, 0.1) is 0 Å². The topological polar surface area (TPSA) is 90.5 Å². The van der Waals surface area contributed by atoms with E-state index in [0.717, 1.165) is 29.8 Å². The maximum absolute atomic E-state index is 11.6. The predicted octanol–water partition coefficient (Wildman–Crippen LogP) is 1.24. The summed E-state index contributed by atoms with van der Waals surface area (Å²) in [4.78, 5) is 36.8. The number of carbonyl (C=O) groups excluding carboxylic acids is 2. The van der Waals surface area contributed by atoms with E-state index < -0.39 is 23.7 Å². The van der Waals surface area contributed by atoms with Crippen LogP contribution in [0.25, 0.3) is 5.70 Å². The number of aliphatic carboxylic acids is 1. The SMILES string of the molecule is CN1CCc2c[nH]c3c2C1=CC(=O)C3=O.O=C(O)C(F)(F)F. The molecule has 0 saturated heterocycles. The summed E-state index contributed by atoms with van der Waals surface area (Å²) in [5.74, 6) is -3.61. The standard InChI is InChI=1S/C11H10N2O2.C2HF3O2/c1-13-3-2-6-5-12-10-9(6)7(13)4-8(14)11(10)15;3-2(4,5)1(6)7/h4-5,12H,2-3H2,1H3;(H,6,7). The Labute approximate surface area is 122 Å². The molecule has 2 heterocycles. The van der Waals surface area contributed by atoms with E-state index in [4.69, 9.17) is 9.90 Å². The Morgan fingerprint density at radius 3 is 2.50 bits per heavy atom. The van der Waals surface area contributed by atoms with E-state index in [1.54, 1.807) is 0 Å². The highest BCUT2D eigenvalue weighted by molar-refractivity contribution is 6.50. The molecule has 1 aromatic heterocycles. The number of aromatic nitrogens is 1. The summed E-state index contributed by atoms with van der Waals surface area (Å²) in [6.45, 7) is 0.887. The average Bonchev–Trinajstić information content (AvgIpc) is 2.84. The number of aromatic amines is 1. The lowest BCUT2D eigenvalue weighted by Crippen LogP contribution is -2.30. The zero-order valence-electron chi connectivity index (χ0n) is 11.3. The van der Waals surface area contributed by atoms with Gasteiger partial charge in [0.15, 0.2) is 0 Å². The molecular weight excluding hydrogens is 305 g/mol. The molecule has 0 unspecified atom stereocenters. The number of carbonyl (C=O) groups is 3. The molecule has 0 atom stereocenters. The second-order valence-electron chi connectivity index (χ2n) is 4.76. The van der Waals surface area contributed by atoms with Gasteiger partial charge in [-0.25, -0.2) is 4.79 Å². The molecule has 0 spiro atoms. The molecule has 22 heavy (non-hydrogen) atoms. The zero-order valence-corrected chi connectivity index (χ0v) is 11.3. The fourth-order valence-electron chi connectivity index (χ4n) is 2.23. The second kappa shape index (κ2) is 5.32. The molecule has 6 nitrogen and oxygen atoms in total. The lowest BCUT2D eigenvalue weighted by atomic mass is 9.92. The summed E-state index contributed by atoms with van der Waals surface area (Å²) in [5.41, 5.74) is 3.39. The van der Waals surface area contributed by atoms with Crippen molar-refractivity contribution in [2.45, 2.75) is 12.6 Å². The third-order valence-corrected chi connectivity index (χ3v) is 3.31. The summed E-state index contributed by atoms with van der Waals surface area (Å²) >= 11 is 0. The number of hydrogen-bond donors (Lipinski definition) is 2. The number of Topliss-reactive ketones (excluding diaryl/α,β-unsaturated/α-hetero) is 1. The number of nitrogens with zero attached hydrogens (tertiary/aromatic N) is 1. The number of allylic oxidation sites excluding steroid dienone is 1. The van der Waals surface area contributed by atoms with Gasteiger partial charge >= 0.3 is 12.1 Å². The minimum atomic E-state index is -5.08. The van der Waals surface area contributed by atoms with Crippen LogP contribution < -0.4 is 0 Å². The molecule has 0 aromatic carbocycles. The number of rotatable bonds is 0. The van der Waals surface area contributed by atoms with Gasteiger partial charge in [0.2, 0.25) is 11.6 Å². The van der Waals surface area contributed by atoms with E-state index in [1.165, 1.54) is 6.08 Å². The van der Waals surface area contributed by atoms with Crippen LogP contribution in [-0.2, 0) is 16.0 Å². The molecule has 2 N–H and O–H groups in total. The van der Waals surface area contributed by atoms with E-state index in [0.29, 0.717) is 5.69 Å². The van der Waals surface area contributed by atoms with Gasteiger partial charge in [0, 0.05) is 31.4 Å². The van der Waals surface area contributed by atoms with Gasteiger partial charge in [0.05, 0.1) is 5.70 Å². The minimum absolute atomic E-state index is 0.421. The highest BCUT2D eigenvalue weighted by atomic mass is 19.4. The number of carboxylic acid groups (broad SMARTS) is 1. The number of halogens is 3.